The van der Waals surface area contributed by atoms with Crippen LogP contribution in [0.2, 0.25) is 0 Å². The molecule has 108 valence electrons. The third-order valence-electron chi connectivity index (χ3n) is 3.42. The van der Waals surface area contributed by atoms with Crippen LogP contribution in [0.3, 0.4) is 0 Å². The Kier molecular flexibility index (Phi) is 3.80. The Balaban J connectivity index is 2.10. The highest BCUT2D eigenvalue weighted by Gasteiger charge is 2.12. The molecule has 0 N–H and O–H groups in total. The summed E-state index contributed by atoms with van der Waals surface area (Å²) in [6.07, 6.45) is 0. The third-order valence-corrected chi connectivity index (χ3v) is 3.66. The van der Waals surface area contributed by atoms with E-state index in [9.17, 15) is 0 Å². The molecule has 0 fully saturated rings. The van der Waals surface area contributed by atoms with Crippen LogP contribution in [0.1, 0.15) is 17.2 Å². The number of aryl methyl sites for hydroxylation is 1. The normalized spacial score (nSPS) is 11.0. The van der Waals surface area contributed by atoms with Gasteiger partial charge in [0, 0.05) is 11.8 Å². The second-order valence-electron chi connectivity index (χ2n) is 4.87. The lowest BCUT2D eigenvalue weighted by molar-refractivity contribution is 0.415. The van der Waals surface area contributed by atoms with Crippen LogP contribution in [-0.4, -0.2) is 21.6 Å². The molecule has 0 aliphatic heterocycles. The summed E-state index contributed by atoms with van der Waals surface area (Å²) in [6, 6.07) is 11.8. The van der Waals surface area contributed by atoms with Crippen LogP contribution in [0.4, 0.5) is 0 Å². The van der Waals surface area contributed by atoms with E-state index >= 15 is 0 Å². The molecule has 0 unspecified atom stereocenters. The monoisotopic (exact) mass is 301 g/mol. The maximum Gasteiger partial charge on any atom is 0.125 e. The summed E-state index contributed by atoms with van der Waals surface area (Å²) in [6.45, 7) is 2.63. The predicted octanol–water partition coefficient (Wildman–Crippen LogP) is 3.54. The molecule has 2 heterocycles. The number of ether oxygens (including phenoxy) is 1. The number of imidazole rings is 1. The van der Waals surface area contributed by atoms with Crippen molar-refractivity contribution in [1.82, 2.24) is 14.5 Å². The van der Waals surface area contributed by atoms with Crippen LogP contribution in [-0.2, 0) is 12.4 Å². The highest BCUT2D eigenvalue weighted by atomic mass is 35.5. The van der Waals surface area contributed by atoms with Crippen LogP contribution >= 0.6 is 11.6 Å². The number of benzene rings is 1. The molecule has 0 aliphatic rings. The van der Waals surface area contributed by atoms with E-state index in [2.05, 4.69) is 14.5 Å². The van der Waals surface area contributed by atoms with Crippen molar-refractivity contribution in [2.24, 2.45) is 0 Å². The lowest BCUT2D eigenvalue weighted by Crippen LogP contribution is -2.06. The van der Waals surface area contributed by atoms with Gasteiger partial charge in [-0.2, -0.15) is 0 Å². The molecule has 0 amide bonds. The molecule has 3 rings (SSSR count). The molecule has 0 radical (unpaired) electrons. The van der Waals surface area contributed by atoms with E-state index in [1.165, 1.54) is 0 Å². The van der Waals surface area contributed by atoms with Crippen molar-refractivity contribution < 1.29 is 4.74 Å². The molecule has 0 aliphatic carbocycles. The molecule has 5 heteroatoms. The minimum Gasteiger partial charge on any atom is -0.497 e. The second kappa shape index (κ2) is 5.74. The molecule has 0 bridgehead atoms. The van der Waals surface area contributed by atoms with Gasteiger partial charge in [-0.15, -0.1) is 11.6 Å². The topological polar surface area (TPSA) is 39.9 Å². The Morgan fingerprint density at radius 3 is 2.76 bits per heavy atom. The molecular formula is C16H16ClN3O. The van der Waals surface area contributed by atoms with Crippen LogP contribution in [0, 0.1) is 6.92 Å². The quantitative estimate of drug-likeness (QED) is 0.692. The van der Waals surface area contributed by atoms with Gasteiger partial charge in [0.25, 0.3) is 0 Å². The summed E-state index contributed by atoms with van der Waals surface area (Å²) in [4.78, 5) is 9.12. The molecule has 3 aromatic rings. The fourth-order valence-corrected chi connectivity index (χ4v) is 2.61. The number of methoxy groups -OCH3 is 1. The molecule has 0 spiro atoms. The van der Waals surface area contributed by atoms with Crippen LogP contribution in [0.25, 0.3) is 11.0 Å². The zero-order chi connectivity index (χ0) is 14.8. The summed E-state index contributed by atoms with van der Waals surface area (Å²) < 4.78 is 7.39. The standard InChI is InChI=1S/C16H16ClN3O/c1-11-4-3-5-12(18-11)10-20-15-8-13(21-2)6-7-14(15)19-16(20)9-17/h3-8H,9-10H2,1-2H3. The van der Waals surface area contributed by atoms with Gasteiger partial charge in [0.1, 0.15) is 11.6 Å². The van der Waals surface area contributed by atoms with E-state index in [4.69, 9.17) is 16.3 Å². The number of aromatic nitrogens is 3. The summed E-state index contributed by atoms with van der Waals surface area (Å²) in [5.41, 5.74) is 3.91. The van der Waals surface area contributed by atoms with Crippen molar-refractivity contribution in [2.75, 3.05) is 7.11 Å². The fourth-order valence-electron chi connectivity index (χ4n) is 2.41. The first-order valence-corrected chi connectivity index (χ1v) is 7.26. The van der Waals surface area contributed by atoms with Crippen molar-refractivity contribution in [2.45, 2.75) is 19.3 Å². The number of fused-ring (bicyclic) bond motifs is 1. The Labute approximate surface area is 128 Å². The zero-order valence-corrected chi connectivity index (χ0v) is 12.8. The van der Waals surface area contributed by atoms with E-state index in [0.717, 1.165) is 34.0 Å². The number of hydrogen-bond acceptors (Lipinski definition) is 3. The van der Waals surface area contributed by atoms with Gasteiger partial charge in [0.05, 0.1) is 36.3 Å². The average molecular weight is 302 g/mol. The van der Waals surface area contributed by atoms with E-state index in [1.807, 2.05) is 43.3 Å². The number of hydrogen-bond donors (Lipinski definition) is 0. The number of rotatable bonds is 4. The lowest BCUT2D eigenvalue weighted by atomic mass is 10.2. The van der Waals surface area contributed by atoms with Gasteiger partial charge >= 0.3 is 0 Å². The fraction of sp³-hybridized carbons (Fsp3) is 0.250. The largest absolute Gasteiger partial charge is 0.497 e. The van der Waals surface area contributed by atoms with Crippen LogP contribution in [0.15, 0.2) is 36.4 Å². The summed E-state index contributed by atoms with van der Waals surface area (Å²) >= 11 is 6.04. The maximum atomic E-state index is 6.04. The van der Waals surface area contributed by atoms with Gasteiger partial charge in [0.2, 0.25) is 0 Å². The van der Waals surface area contributed by atoms with E-state index in [1.54, 1.807) is 7.11 Å². The molecule has 0 saturated carbocycles. The van der Waals surface area contributed by atoms with Crippen molar-refractivity contribution in [3.05, 3.63) is 53.6 Å². The van der Waals surface area contributed by atoms with Crippen LogP contribution in [0.5, 0.6) is 5.75 Å². The Morgan fingerprint density at radius 1 is 1.19 bits per heavy atom. The van der Waals surface area contributed by atoms with Gasteiger partial charge in [-0.3, -0.25) is 4.98 Å². The van der Waals surface area contributed by atoms with Gasteiger partial charge in [0.15, 0.2) is 0 Å². The Bertz CT molecular complexity index is 782. The van der Waals surface area contributed by atoms with E-state index in [-0.39, 0.29) is 0 Å². The summed E-state index contributed by atoms with van der Waals surface area (Å²) in [5, 5.41) is 0. The number of halogens is 1. The first-order valence-electron chi connectivity index (χ1n) is 6.73. The number of alkyl halides is 1. The molecule has 21 heavy (non-hydrogen) atoms. The molecule has 2 aromatic heterocycles. The SMILES string of the molecule is COc1ccc2nc(CCl)n(Cc3cccc(C)n3)c2c1. The lowest BCUT2D eigenvalue weighted by Gasteiger charge is -2.08. The summed E-state index contributed by atoms with van der Waals surface area (Å²) in [7, 11) is 1.66. The predicted molar refractivity (Wildman–Crippen MR) is 83.9 cm³/mol. The molecule has 1 aromatic carbocycles. The van der Waals surface area contributed by atoms with Crippen molar-refractivity contribution in [1.29, 1.82) is 0 Å². The maximum absolute atomic E-state index is 6.04. The number of nitrogens with zero attached hydrogens (tertiary/aromatic N) is 3. The van der Waals surface area contributed by atoms with E-state index < -0.39 is 0 Å². The third kappa shape index (κ3) is 2.72. The average Bonchev–Trinajstić information content (AvgIpc) is 2.84. The highest BCUT2D eigenvalue weighted by molar-refractivity contribution is 6.16. The number of pyridine rings is 1. The molecular weight excluding hydrogens is 286 g/mol. The molecule has 0 atom stereocenters. The van der Waals surface area contributed by atoms with Gasteiger partial charge in [-0.05, 0) is 31.2 Å². The minimum atomic E-state index is 0.364. The van der Waals surface area contributed by atoms with Gasteiger partial charge < -0.3 is 9.30 Å². The molecule has 4 nitrogen and oxygen atoms in total. The van der Waals surface area contributed by atoms with Gasteiger partial charge in [-0.1, -0.05) is 6.07 Å². The smallest absolute Gasteiger partial charge is 0.125 e. The highest BCUT2D eigenvalue weighted by Crippen LogP contribution is 2.23. The Morgan fingerprint density at radius 2 is 2.05 bits per heavy atom. The van der Waals surface area contributed by atoms with Crippen LogP contribution < -0.4 is 4.74 Å². The van der Waals surface area contributed by atoms with E-state index in [0.29, 0.717) is 12.4 Å². The first-order chi connectivity index (χ1) is 10.2. The van der Waals surface area contributed by atoms with Gasteiger partial charge in [-0.25, -0.2) is 4.98 Å². The zero-order valence-electron chi connectivity index (χ0n) is 12.0. The minimum absolute atomic E-state index is 0.364. The van der Waals surface area contributed by atoms with Crippen molar-refractivity contribution in [3.8, 4) is 5.75 Å². The van der Waals surface area contributed by atoms with Crippen molar-refractivity contribution in [3.63, 3.8) is 0 Å². The molecule has 0 saturated heterocycles. The second-order valence-corrected chi connectivity index (χ2v) is 5.14. The van der Waals surface area contributed by atoms with Crippen molar-refractivity contribution >= 4 is 22.6 Å². The first kappa shape index (κ1) is 13.9. The Hall–Kier alpha value is -2.07. The summed E-state index contributed by atoms with van der Waals surface area (Å²) in [5.74, 6) is 2.01.